The minimum atomic E-state index is -0.323. The van der Waals surface area contributed by atoms with E-state index in [-0.39, 0.29) is 23.7 Å². The Morgan fingerprint density at radius 2 is 2.16 bits per heavy atom. The second kappa shape index (κ2) is 11.0. The van der Waals surface area contributed by atoms with Crippen molar-refractivity contribution in [3.63, 3.8) is 0 Å². The second-order valence-corrected chi connectivity index (χ2v) is 9.22. The SMILES string of the molecule is CCOc1cc(-c2ccc(N3CCC(NC(=O)c4ncccc4Cl)[C@H](OC)C3)nc2)c2c(C#N)cnn2c1. The molecule has 1 aliphatic heterocycles. The first kappa shape index (κ1) is 25.4. The van der Waals surface area contributed by atoms with Crippen LogP contribution in [0.1, 0.15) is 29.4 Å². The number of ether oxygens (including phenoxy) is 2. The van der Waals surface area contributed by atoms with E-state index in [0.29, 0.717) is 48.0 Å². The van der Waals surface area contributed by atoms with E-state index in [9.17, 15) is 10.1 Å². The van der Waals surface area contributed by atoms with Crippen molar-refractivity contribution in [1.82, 2.24) is 24.9 Å². The van der Waals surface area contributed by atoms with Crippen LogP contribution in [0.2, 0.25) is 5.02 Å². The number of methoxy groups -OCH3 is 1. The monoisotopic (exact) mass is 531 g/mol. The number of aromatic nitrogens is 4. The van der Waals surface area contributed by atoms with E-state index < -0.39 is 0 Å². The first-order chi connectivity index (χ1) is 18.5. The fourth-order valence-corrected chi connectivity index (χ4v) is 4.90. The third-order valence-electron chi connectivity index (χ3n) is 6.55. The van der Waals surface area contributed by atoms with Crippen LogP contribution >= 0.6 is 11.6 Å². The van der Waals surface area contributed by atoms with E-state index >= 15 is 0 Å². The van der Waals surface area contributed by atoms with Crippen LogP contribution in [0.25, 0.3) is 16.6 Å². The molecule has 4 aromatic rings. The number of nitriles is 1. The summed E-state index contributed by atoms with van der Waals surface area (Å²) in [7, 11) is 1.63. The maximum atomic E-state index is 12.7. The van der Waals surface area contributed by atoms with E-state index in [1.165, 1.54) is 0 Å². The molecule has 38 heavy (non-hydrogen) atoms. The highest BCUT2D eigenvalue weighted by atomic mass is 35.5. The number of fused-ring (bicyclic) bond motifs is 1. The summed E-state index contributed by atoms with van der Waals surface area (Å²) in [5, 5.41) is 17.2. The minimum Gasteiger partial charge on any atom is -0.492 e. The molecule has 1 unspecified atom stereocenters. The molecule has 0 bridgehead atoms. The molecule has 1 amide bonds. The van der Waals surface area contributed by atoms with E-state index in [1.807, 2.05) is 25.1 Å². The summed E-state index contributed by atoms with van der Waals surface area (Å²) in [6.07, 6.45) is 7.05. The molecule has 5 rings (SSSR count). The van der Waals surface area contributed by atoms with Crippen LogP contribution in [0, 0.1) is 11.3 Å². The van der Waals surface area contributed by atoms with Crippen LogP contribution in [-0.2, 0) is 4.74 Å². The highest BCUT2D eigenvalue weighted by molar-refractivity contribution is 6.33. The van der Waals surface area contributed by atoms with Gasteiger partial charge in [0.25, 0.3) is 5.91 Å². The number of amides is 1. The summed E-state index contributed by atoms with van der Waals surface area (Å²) in [5.41, 5.74) is 3.04. The predicted molar refractivity (Wildman–Crippen MR) is 142 cm³/mol. The van der Waals surface area contributed by atoms with Crippen molar-refractivity contribution < 1.29 is 14.3 Å². The molecule has 10 nitrogen and oxygen atoms in total. The van der Waals surface area contributed by atoms with Crippen LogP contribution in [-0.4, -0.2) is 64.4 Å². The third kappa shape index (κ3) is 4.98. The summed E-state index contributed by atoms with van der Waals surface area (Å²) in [4.78, 5) is 23.7. The summed E-state index contributed by atoms with van der Waals surface area (Å²) in [6.45, 7) is 3.66. The molecule has 0 radical (unpaired) electrons. The molecule has 2 atom stereocenters. The number of halogens is 1. The summed E-state index contributed by atoms with van der Waals surface area (Å²) in [6, 6.07) is 11.2. The van der Waals surface area contributed by atoms with Gasteiger partial charge in [0.05, 0.1) is 47.2 Å². The zero-order valence-corrected chi connectivity index (χ0v) is 21.7. The number of carbonyl (C=O) groups excluding carboxylic acids is 1. The van der Waals surface area contributed by atoms with Crippen molar-refractivity contribution in [3.8, 4) is 22.9 Å². The van der Waals surface area contributed by atoms with Crippen LogP contribution in [0.15, 0.2) is 55.1 Å². The summed E-state index contributed by atoms with van der Waals surface area (Å²) >= 11 is 6.14. The molecule has 194 valence electrons. The number of hydrogen-bond donors (Lipinski definition) is 1. The standard InChI is InChI=1S/C27H26ClN7O3/c1-3-38-19-11-20(26-18(12-29)14-32-35(26)15-19)17-6-7-24(31-13-17)34-10-8-22(23(16-34)37-2)33-27(36)25-21(28)5-4-9-30-25/h4-7,9,11,13-15,22-23H,3,8,10,16H2,1-2H3,(H,33,36)/t22?,23-/m1/s1. The molecule has 5 heterocycles. The van der Waals surface area contributed by atoms with Crippen molar-refractivity contribution in [2.24, 2.45) is 0 Å². The van der Waals surface area contributed by atoms with Gasteiger partial charge in [0.15, 0.2) is 0 Å². The lowest BCUT2D eigenvalue weighted by Crippen LogP contribution is -2.55. The fraction of sp³-hybridized carbons (Fsp3) is 0.296. The Labute approximate surface area is 224 Å². The molecule has 1 fully saturated rings. The quantitative estimate of drug-likeness (QED) is 0.383. The summed E-state index contributed by atoms with van der Waals surface area (Å²) < 4.78 is 13.1. The first-order valence-corrected chi connectivity index (χ1v) is 12.6. The number of nitrogens with zero attached hydrogens (tertiary/aromatic N) is 6. The van der Waals surface area contributed by atoms with Gasteiger partial charge in [-0.2, -0.15) is 10.4 Å². The van der Waals surface area contributed by atoms with Gasteiger partial charge in [0.2, 0.25) is 0 Å². The Morgan fingerprint density at radius 3 is 2.87 bits per heavy atom. The molecule has 0 spiro atoms. The zero-order chi connectivity index (χ0) is 26.6. The van der Waals surface area contributed by atoms with Gasteiger partial charge in [0, 0.05) is 43.7 Å². The molecule has 0 aromatic carbocycles. The van der Waals surface area contributed by atoms with E-state index in [4.69, 9.17) is 26.1 Å². The number of carbonyl (C=O) groups is 1. The van der Waals surface area contributed by atoms with Crippen LogP contribution in [0.4, 0.5) is 5.82 Å². The predicted octanol–water partition coefficient (Wildman–Crippen LogP) is 3.74. The summed E-state index contributed by atoms with van der Waals surface area (Å²) in [5.74, 6) is 1.13. The Kier molecular flexibility index (Phi) is 7.40. The molecule has 0 aliphatic carbocycles. The average Bonchev–Trinajstić information content (AvgIpc) is 3.36. The van der Waals surface area contributed by atoms with Gasteiger partial charge in [-0.1, -0.05) is 11.6 Å². The van der Waals surface area contributed by atoms with E-state index in [1.54, 1.807) is 48.5 Å². The van der Waals surface area contributed by atoms with E-state index in [0.717, 1.165) is 16.9 Å². The minimum absolute atomic E-state index is 0.193. The number of nitrogens with one attached hydrogen (secondary N) is 1. The van der Waals surface area contributed by atoms with Gasteiger partial charge >= 0.3 is 0 Å². The van der Waals surface area contributed by atoms with Gasteiger partial charge in [-0.15, -0.1) is 0 Å². The molecule has 1 N–H and O–H groups in total. The number of anilines is 1. The lowest BCUT2D eigenvalue weighted by atomic mass is 10.0. The highest BCUT2D eigenvalue weighted by Gasteiger charge is 2.32. The van der Waals surface area contributed by atoms with Crippen molar-refractivity contribution in [3.05, 3.63) is 71.4 Å². The van der Waals surface area contributed by atoms with Gasteiger partial charge in [-0.05, 0) is 43.7 Å². The van der Waals surface area contributed by atoms with Crippen molar-refractivity contribution >= 4 is 28.8 Å². The van der Waals surface area contributed by atoms with Crippen LogP contribution in [0.3, 0.4) is 0 Å². The fourth-order valence-electron chi connectivity index (χ4n) is 4.69. The average molecular weight is 532 g/mol. The van der Waals surface area contributed by atoms with Gasteiger partial charge in [-0.25, -0.2) is 14.5 Å². The third-order valence-corrected chi connectivity index (χ3v) is 6.86. The number of pyridine rings is 3. The van der Waals surface area contributed by atoms with Gasteiger partial charge in [-0.3, -0.25) is 4.79 Å². The lowest BCUT2D eigenvalue weighted by molar-refractivity contribution is 0.0539. The Bertz CT molecular complexity index is 1500. The van der Waals surface area contributed by atoms with Gasteiger partial charge in [0.1, 0.15) is 23.3 Å². The lowest BCUT2D eigenvalue weighted by Gasteiger charge is -2.38. The maximum absolute atomic E-state index is 12.7. The second-order valence-electron chi connectivity index (χ2n) is 8.81. The molecule has 1 aliphatic rings. The van der Waals surface area contributed by atoms with Crippen molar-refractivity contribution in [1.29, 1.82) is 5.26 Å². The molecule has 0 saturated carbocycles. The zero-order valence-electron chi connectivity index (χ0n) is 21.0. The number of rotatable bonds is 7. The van der Waals surface area contributed by atoms with Crippen LogP contribution < -0.4 is 15.0 Å². The largest absolute Gasteiger partial charge is 0.492 e. The molecule has 1 saturated heterocycles. The van der Waals surface area contributed by atoms with Crippen molar-refractivity contribution in [2.45, 2.75) is 25.5 Å². The number of piperidine rings is 1. The normalized spacial score (nSPS) is 17.3. The molecule has 4 aromatic heterocycles. The Hall–Kier alpha value is -4.20. The van der Waals surface area contributed by atoms with Crippen molar-refractivity contribution in [2.75, 3.05) is 31.7 Å². The molecule has 11 heteroatoms. The van der Waals surface area contributed by atoms with Crippen LogP contribution in [0.5, 0.6) is 5.75 Å². The van der Waals surface area contributed by atoms with Gasteiger partial charge < -0.3 is 19.7 Å². The molecular formula is C27H26ClN7O3. The topological polar surface area (TPSA) is 118 Å². The molecular weight excluding hydrogens is 506 g/mol. The highest BCUT2D eigenvalue weighted by Crippen LogP contribution is 2.32. The Balaban J connectivity index is 1.34. The first-order valence-electron chi connectivity index (χ1n) is 12.2. The number of hydrogen-bond acceptors (Lipinski definition) is 8. The smallest absolute Gasteiger partial charge is 0.271 e. The maximum Gasteiger partial charge on any atom is 0.271 e. The van der Waals surface area contributed by atoms with E-state index in [2.05, 4.69) is 26.4 Å². The Morgan fingerprint density at radius 1 is 1.29 bits per heavy atom.